The minimum Gasteiger partial charge on any atom is -0.472 e. The first kappa shape index (κ1) is 27.6. The molecule has 1 aliphatic heterocycles. The van der Waals surface area contributed by atoms with E-state index in [-0.39, 0.29) is 47.3 Å². The van der Waals surface area contributed by atoms with Gasteiger partial charge in [-0.3, -0.25) is 9.59 Å². The molecule has 2 aliphatic rings. The van der Waals surface area contributed by atoms with E-state index < -0.39 is 18.0 Å². The highest BCUT2D eigenvalue weighted by Crippen LogP contribution is 2.29. The van der Waals surface area contributed by atoms with Gasteiger partial charge in [-0.05, 0) is 38.0 Å². The second-order valence-corrected chi connectivity index (χ2v) is 10.5. The molecule has 0 unspecified atom stereocenters. The number of amides is 2. The van der Waals surface area contributed by atoms with Crippen molar-refractivity contribution in [2.45, 2.75) is 58.1 Å². The average molecular weight is 522 g/mol. The largest absolute Gasteiger partial charge is 0.472 e. The molecule has 1 aliphatic carbocycles. The Morgan fingerprint density at radius 3 is 2.71 bits per heavy atom. The van der Waals surface area contributed by atoms with Crippen LogP contribution in [0, 0.1) is 29.5 Å². The number of carbonyl (C=O) groups is 2. The fraction of sp³-hybridized carbons (Fsp3) is 0.500. The van der Waals surface area contributed by atoms with Gasteiger partial charge in [-0.1, -0.05) is 50.2 Å². The lowest BCUT2D eigenvalue weighted by Gasteiger charge is -2.38. The van der Waals surface area contributed by atoms with E-state index >= 15 is 0 Å². The summed E-state index contributed by atoms with van der Waals surface area (Å²) in [5.74, 6) is 5.16. The number of halogens is 1. The average Bonchev–Trinajstić information content (AvgIpc) is 2.94. The molecule has 1 fully saturated rings. The van der Waals surface area contributed by atoms with Gasteiger partial charge >= 0.3 is 0 Å². The predicted molar refractivity (Wildman–Crippen MR) is 142 cm³/mol. The van der Waals surface area contributed by atoms with Crippen LogP contribution in [0.4, 0.5) is 4.39 Å². The Kier molecular flexibility index (Phi) is 9.01. The standard InChI is InChI=1S/C30H36FN3O4/c1-20-17-34(21(2)19-35)30(37)25-15-22(13-14-23-9-7-8-12-26(23)31)16-32-28(25)38-27(20)18-33(3)29(36)24-10-5-4-6-11-24/h7-9,12,15-16,20-21,24,27,35H,4-6,10-11,17-19H2,1-3H3/t20-,21+,27-/m1/s1. The summed E-state index contributed by atoms with van der Waals surface area (Å²) in [4.78, 5) is 34.5. The number of benzene rings is 1. The van der Waals surface area contributed by atoms with Gasteiger partial charge in [0.2, 0.25) is 11.8 Å². The van der Waals surface area contributed by atoms with E-state index in [9.17, 15) is 19.1 Å². The van der Waals surface area contributed by atoms with E-state index in [0.29, 0.717) is 18.7 Å². The molecule has 1 N–H and O–H groups in total. The molecule has 38 heavy (non-hydrogen) atoms. The Hall–Kier alpha value is -3.44. The van der Waals surface area contributed by atoms with Crippen molar-refractivity contribution in [2.75, 3.05) is 26.7 Å². The van der Waals surface area contributed by atoms with Crippen LogP contribution >= 0.6 is 0 Å². The summed E-state index contributed by atoms with van der Waals surface area (Å²) in [5.41, 5.74) is 0.913. The van der Waals surface area contributed by atoms with E-state index in [2.05, 4.69) is 16.8 Å². The number of aliphatic hydroxyl groups is 1. The van der Waals surface area contributed by atoms with Gasteiger partial charge in [-0.15, -0.1) is 0 Å². The summed E-state index contributed by atoms with van der Waals surface area (Å²) < 4.78 is 20.3. The highest BCUT2D eigenvalue weighted by molar-refractivity contribution is 5.97. The summed E-state index contributed by atoms with van der Waals surface area (Å²) in [6.07, 6.45) is 6.27. The Bertz CT molecular complexity index is 1220. The Labute approximate surface area is 224 Å². The minimum absolute atomic E-state index is 0.0473. The second-order valence-electron chi connectivity index (χ2n) is 10.5. The first-order valence-electron chi connectivity index (χ1n) is 13.4. The number of hydrogen-bond acceptors (Lipinski definition) is 5. The lowest BCUT2D eigenvalue weighted by molar-refractivity contribution is -0.136. The zero-order valence-electron chi connectivity index (χ0n) is 22.3. The highest BCUT2D eigenvalue weighted by atomic mass is 19.1. The lowest BCUT2D eigenvalue weighted by Crippen LogP contribution is -2.51. The number of rotatable bonds is 5. The number of aliphatic hydroxyl groups excluding tert-OH is 1. The summed E-state index contributed by atoms with van der Waals surface area (Å²) in [6, 6.07) is 7.39. The molecule has 0 saturated heterocycles. The van der Waals surface area contributed by atoms with Gasteiger partial charge in [-0.25, -0.2) is 9.37 Å². The molecule has 2 aromatic rings. The first-order valence-corrected chi connectivity index (χ1v) is 13.4. The van der Waals surface area contributed by atoms with Gasteiger partial charge in [-0.2, -0.15) is 0 Å². The maximum atomic E-state index is 14.0. The van der Waals surface area contributed by atoms with Gasteiger partial charge in [0, 0.05) is 37.2 Å². The SMILES string of the molecule is C[C@@H]1CN([C@@H](C)CO)C(=O)c2cc(C#Cc3ccccc3F)cnc2O[C@@H]1CN(C)C(=O)C1CCCCC1. The van der Waals surface area contributed by atoms with Crippen molar-refractivity contribution in [2.24, 2.45) is 11.8 Å². The molecule has 3 atom stereocenters. The molecule has 4 rings (SSSR count). The molecule has 0 bridgehead atoms. The van der Waals surface area contributed by atoms with Crippen molar-refractivity contribution in [3.63, 3.8) is 0 Å². The van der Waals surface area contributed by atoms with Crippen LogP contribution in [0.25, 0.3) is 0 Å². The van der Waals surface area contributed by atoms with Crippen LogP contribution in [-0.4, -0.2) is 70.6 Å². The van der Waals surface area contributed by atoms with Crippen LogP contribution in [0.2, 0.25) is 0 Å². The van der Waals surface area contributed by atoms with Gasteiger partial charge in [0.1, 0.15) is 17.5 Å². The molecule has 8 heteroatoms. The number of fused-ring (bicyclic) bond motifs is 1. The van der Waals surface area contributed by atoms with Crippen molar-refractivity contribution < 1.29 is 23.8 Å². The number of carbonyl (C=O) groups excluding carboxylic acids is 2. The molecule has 7 nitrogen and oxygen atoms in total. The number of likely N-dealkylation sites (N-methyl/N-ethyl adjacent to an activating group) is 1. The quantitative estimate of drug-likeness (QED) is 0.604. The molecule has 0 spiro atoms. The van der Waals surface area contributed by atoms with Crippen LogP contribution in [0.1, 0.15) is 67.4 Å². The van der Waals surface area contributed by atoms with E-state index in [4.69, 9.17) is 4.74 Å². The van der Waals surface area contributed by atoms with Gasteiger partial charge in [0.15, 0.2) is 0 Å². The summed E-state index contributed by atoms with van der Waals surface area (Å²) in [7, 11) is 1.81. The first-order chi connectivity index (χ1) is 18.3. The molecule has 1 aromatic heterocycles. The third-order valence-corrected chi connectivity index (χ3v) is 7.52. The lowest BCUT2D eigenvalue weighted by atomic mass is 9.88. The van der Waals surface area contributed by atoms with Gasteiger partial charge in [0.05, 0.1) is 24.8 Å². The van der Waals surface area contributed by atoms with Crippen molar-refractivity contribution >= 4 is 11.8 Å². The Balaban J connectivity index is 1.63. The van der Waals surface area contributed by atoms with Crippen LogP contribution in [0.15, 0.2) is 36.5 Å². The molecule has 0 radical (unpaired) electrons. The number of hydrogen-bond donors (Lipinski definition) is 1. The number of nitrogens with zero attached hydrogens (tertiary/aromatic N) is 3. The van der Waals surface area contributed by atoms with E-state index in [1.54, 1.807) is 48.0 Å². The van der Waals surface area contributed by atoms with Gasteiger partial charge < -0.3 is 19.6 Å². The van der Waals surface area contributed by atoms with E-state index in [1.807, 2.05) is 6.92 Å². The molecule has 1 saturated carbocycles. The molecular weight excluding hydrogens is 485 g/mol. The molecule has 2 heterocycles. The molecule has 202 valence electrons. The zero-order valence-corrected chi connectivity index (χ0v) is 22.3. The number of ether oxygens (including phenoxy) is 1. The zero-order chi connectivity index (χ0) is 27.2. The Morgan fingerprint density at radius 2 is 2.00 bits per heavy atom. The van der Waals surface area contributed by atoms with Crippen molar-refractivity contribution in [1.29, 1.82) is 0 Å². The second kappa shape index (κ2) is 12.4. The maximum absolute atomic E-state index is 14.0. The van der Waals surface area contributed by atoms with Crippen LogP contribution < -0.4 is 4.74 Å². The van der Waals surface area contributed by atoms with Crippen molar-refractivity contribution in [1.82, 2.24) is 14.8 Å². The highest BCUT2D eigenvalue weighted by Gasteiger charge is 2.35. The van der Waals surface area contributed by atoms with Crippen LogP contribution in [0.3, 0.4) is 0 Å². The monoisotopic (exact) mass is 521 g/mol. The maximum Gasteiger partial charge on any atom is 0.259 e. The molecular formula is C30H36FN3O4. The molecule has 1 aromatic carbocycles. The molecule has 2 amide bonds. The van der Waals surface area contributed by atoms with Crippen LogP contribution in [-0.2, 0) is 4.79 Å². The normalized spacial score (nSPS) is 20.8. The summed E-state index contributed by atoms with van der Waals surface area (Å²) in [6.45, 7) is 4.28. The minimum atomic E-state index is -0.426. The van der Waals surface area contributed by atoms with Crippen LogP contribution in [0.5, 0.6) is 5.88 Å². The smallest absolute Gasteiger partial charge is 0.259 e. The fourth-order valence-electron chi connectivity index (χ4n) is 5.11. The number of pyridine rings is 1. The predicted octanol–water partition coefficient (Wildman–Crippen LogP) is 3.88. The third-order valence-electron chi connectivity index (χ3n) is 7.52. The topological polar surface area (TPSA) is 83.0 Å². The van der Waals surface area contributed by atoms with Gasteiger partial charge in [0.25, 0.3) is 5.91 Å². The van der Waals surface area contributed by atoms with Crippen molar-refractivity contribution in [3.8, 4) is 17.7 Å². The van der Waals surface area contributed by atoms with Crippen molar-refractivity contribution in [3.05, 3.63) is 59.0 Å². The fourth-order valence-corrected chi connectivity index (χ4v) is 5.11. The summed E-state index contributed by atoms with van der Waals surface area (Å²) in [5, 5.41) is 9.87. The van der Waals surface area contributed by atoms with E-state index in [0.717, 1.165) is 25.7 Å². The van der Waals surface area contributed by atoms with E-state index in [1.165, 1.54) is 18.7 Å². The third kappa shape index (κ3) is 6.33. The Morgan fingerprint density at radius 1 is 1.26 bits per heavy atom. The summed E-state index contributed by atoms with van der Waals surface area (Å²) >= 11 is 0. The number of aromatic nitrogens is 1.